The summed E-state index contributed by atoms with van der Waals surface area (Å²) in [6, 6.07) is 0. The Morgan fingerprint density at radius 2 is 2.47 bits per heavy atom. The smallest absolute Gasteiger partial charge is 0.309 e. The largest absolute Gasteiger partial charge is 0.481 e. The number of carbonyl (C=O) groups is 1. The Kier molecular flexibility index (Phi) is 5.11. The highest BCUT2D eigenvalue weighted by molar-refractivity contribution is 7.99. The summed E-state index contributed by atoms with van der Waals surface area (Å²) < 4.78 is 0. The Morgan fingerprint density at radius 1 is 1.73 bits per heavy atom. The zero-order valence-electron chi connectivity index (χ0n) is 8.90. The lowest BCUT2D eigenvalue weighted by Crippen LogP contribution is -2.00. The maximum Gasteiger partial charge on any atom is 0.309 e. The number of nitrogens with zero attached hydrogens (tertiary/aromatic N) is 1. The molecule has 0 aliphatic heterocycles. The maximum atomic E-state index is 10.4. The summed E-state index contributed by atoms with van der Waals surface area (Å²) in [5.74, 6) is 0.0701. The van der Waals surface area contributed by atoms with Crippen molar-refractivity contribution in [2.45, 2.75) is 37.7 Å². The molecule has 0 spiro atoms. The molecular formula is C10H15NO2S2. The third-order valence-corrected chi connectivity index (χ3v) is 4.42. The molecule has 0 saturated heterocycles. The van der Waals surface area contributed by atoms with Crippen molar-refractivity contribution >= 4 is 29.1 Å². The third-order valence-electron chi connectivity index (χ3n) is 2.00. The lowest BCUT2D eigenvalue weighted by Gasteiger charge is -2.05. The first kappa shape index (κ1) is 12.5. The zero-order valence-corrected chi connectivity index (χ0v) is 10.5. The average molecular weight is 245 g/mol. The van der Waals surface area contributed by atoms with Crippen LogP contribution in [0.3, 0.4) is 0 Å². The van der Waals surface area contributed by atoms with Crippen molar-refractivity contribution in [2.24, 2.45) is 0 Å². The van der Waals surface area contributed by atoms with Crippen molar-refractivity contribution in [3.05, 3.63) is 16.1 Å². The minimum absolute atomic E-state index is 0.0322. The number of hydrogen-bond donors (Lipinski definition) is 1. The molecule has 1 unspecified atom stereocenters. The van der Waals surface area contributed by atoms with Gasteiger partial charge in [-0.1, -0.05) is 13.8 Å². The number of thiazole rings is 1. The number of rotatable bonds is 6. The molecule has 15 heavy (non-hydrogen) atoms. The van der Waals surface area contributed by atoms with Gasteiger partial charge in [-0.2, -0.15) is 11.8 Å². The van der Waals surface area contributed by atoms with Gasteiger partial charge in [-0.25, -0.2) is 4.98 Å². The topological polar surface area (TPSA) is 50.2 Å². The standard InChI is InChI=1S/C10H15NO2S2/c1-3-7(2)14-6-9-11-8(5-15-9)4-10(12)13/h5,7H,3-4,6H2,1-2H3,(H,12,13). The highest BCUT2D eigenvalue weighted by Crippen LogP contribution is 2.22. The van der Waals surface area contributed by atoms with Gasteiger partial charge in [-0.05, 0) is 6.42 Å². The van der Waals surface area contributed by atoms with E-state index in [0.29, 0.717) is 10.9 Å². The van der Waals surface area contributed by atoms with Crippen LogP contribution < -0.4 is 0 Å². The molecule has 0 aliphatic rings. The van der Waals surface area contributed by atoms with Crippen LogP contribution in [-0.2, 0) is 17.0 Å². The summed E-state index contributed by atoms with van der Waals surface area (Å²) in [4.78, 5) is 14.7. The van der Waals surface area contributed by atoms with Crippen molar-refractivity contribution < 1.29 is 9.90 Å². The van der Waals surface area contributed by atoms with Crippen molar-refractivity contribution in [2.75, 3.05) is 0 Å². The first-order valence-corrected chi connectivity index (χ1v) is 6.81. The molecule has 1 rings (SSSR count). The number of thioether (sulfide) groups is 1. The number of hydrogen-bond acceptors (Lipinski definition) is 4. The van der Waals surface area contributed by atoms with E-state index >= 15 is 0 Å². The predicted molar refractivity (Wildman–Crippen MR) is 64.5 cm³/mol. The molecule has 0 aromatic carbocycles. The molecule has 1 aromatic rings. The van der Waals surface area contributed by atoms with E-state index in [1.807, 2.05) is 17.1 Å². The Hall–Kier alpha value is -0.550. The van der Waals surface area contributed by atoms with E-state index in [1.54, 1.807) is 11.3 Å². The Labute approximate surface area is 97.9 Å². The minimum Gasteiger partial charge on any atom is -0.481 e. The van der Waals surface area contributed by atoms with Crippen LogP contribution in [0, 0.1) is 0 Å². The monoisotopic (exact) mass is 245 g/mol. The number of carboxylic acid groups (broad SMARTS) is 1. The van der Waals surface area contributed by atoms with Crippen molar-refractivity contribution in [3.8, 4) is 0 Å². The molecule has 1 aromatic heterocycles. The van der Waals surface area contributed by atoms with Crippen LogP contribution in [0.4, 0.5) is 0 Å². The van der Waals surface area contributed by atoms with Crippen molar-refractivity contribution in [1.82, 2.24) is 4.98 Å². The summed E-state index contributed by atoms with van der Waals surface area (Å²) in [7, 11) is 0. The highest BCUT2D eigenvalue weighted by atomic mass is 32.2. The van der Waals surface area contributed by atoms with Crippen LogP contribution in [0.25, 0.3) is 0 Å². The van der Waals surface area contributed by atoms with E-state index in [9.17, 15) is 4.79 Å². The molecule has 0 amide bonds. The molecule has 1 N–H and O–H groups in total. The van der Waals surface area contributed by atoms with Crippen LogP contribution in [0.15, 0.2) is 5.38 Å². The molecule has 0 aliphatic carbocycles. The lowest BCUT2D eigenvalue weighted by molar-refractivity contribution is -0.136. The van der Waals surface area contributed by atoms with Gasteiger partial charge < -0.3 is 5.11 Å². The quantitative estimate of drug-likeness (QED) is 0.837. The van der Waals surface area contributed by atoms with Gasteiger partial charge in [0.05, 0.1) is 12.1 Å². The van der Waals surface area contributed by atoms with Gasteiger partial charge in [-0.15, -0.1) is 11.3 Å². The molecule has 5 heteroatoms. The van der Waals surface area contributed by atoms with Gasteiger partial charge in [0.2, 0.25) is 0 Å². The van der Waals surface area contributed by atoms with E-state index < -0.39 is 5.97 Å². The number of carboxylic acids is 1. The Bertz CT molecular complexity index is 325. The molecule has 0 saturated carbocycles. The van der Waals surface area contributed by atoms with Crippen molar-refractivity contribution in [3.63, 3.8) is 0 Å². The van der Waals surface area contributed by atoms with E-state index in [2.05, 4.69) is 18.8 Å². The van der Waals surface area contributed by atoms with E-state index in [0.717, 1.165) is 17.2 Å². The molecule has 0 fully saturated rings. The minimum atomic E-state index is -0.818. The molecule has 1 heterocycles. The van der Waals surface area contributed by atoms with Crippen molar-refractivity contribution in [1.29, 1.82) is 0 Å². The molecule has 1 atom stereocenters. The van der Waals surface area contributed by atoms with E-state index in [4.69, 9.17) is 5.11 Å². The third kappa shape index (κ3) is 4.66. The first-order valence-electron chi connectivity index (χ1n) is 4.88. The second-order valence-corrected chi connectivity index (χ2v) is 5.70. The summed E-state index contributed by atoms with van der Waals surface area (Å²) in [5, 5.41) is 12.1. The normalized spacial score (nSPS) is 12.7. The first-order chi connectivity index (χ1) is 7.11. The highest BCUT2D eigenvalue weighted by Gasteiger charge is 2.07. The maximum absolute atomic E-state index is 10.4. The van der Waals surface area contributed by atoms with Crippen LogP contribution in [0.1, 0.15) is 31.0 Å². The summed E-state index contributed by atoms with van der Waals surface area (Å²) >= 11 is 3.41. The van der Waals surface area contributed by atoms with Crippen LogP contribution >= 0.6 is 23.1 Å². The van der Waals surface area contributed by atoms with Gasteiger partial charge in [-0.3, -0.25) is 4.79 Å². The lowest BCUT2D eigenvalue weighted by atomic mass is 10.3. The fraction of sp³-hybridized carbons (Fsp3) is 0.600. The van der Waals surface area contributed by atoms with Crippen LogP contribution in [-0.4, -0.2) is 21.3 Å². The van der Waals surface area contributed by atoms with E-state index in [1.165, 1.54) is 0 Å². The molecule has 3 nitrogen and oxygen atoms in total. The second-order valence-electron chi connectivity index (χ2n) is 3.33. The SMILES string of the molecule is CCC(C)SCc1nc(CC(=O)O)cs1. The van der Waals surface area contributed by atoms with Gasteiger partial charge in [0.25, 0.3) is 0 Å². The summed E-state index contributed by atoms with van der Waals surface area (Å²) in [6.45, 7) is 4.35. The number of aromatic nitrogens is 1. The van der Waals surface area contributed by atoms with Gasteiger partial charge >= 0.3 is 5.97 Å². The molecule has 84 valence electrons. The van der Waals surface area contributed by atoms with Gasteiger partial charge in [0.1, 0.15) is 5.01 Å². The molecular weight excluding hydrogens is 230 g/mol. The summed E-state index contributed by atoms with van der Waals surface area (Å²) in [6.07, 6.45) is 1.18. The molecule has 0 bridgehead atoms. The van der Waals surface area contributed by atoms with Crippen LogP contribution in [0.5, 0.6) is 0 Å². The van der Waals surface area contributed by atoms with E-state index in [-0.39, 0.29) is 6.42 Å². The molecule has 0 radical (unpaired) electrons. The van der Waals surface area contributed by atoms with Gasteiger partial charge in [0, 0.05) is 16.4 Å². The van der Waals surface area contributed by atoms with Crippen LogP contribution in [0.2, 0.25) is 0 Å². The number of aliphatic carboxylic acids is 1. The second kappa shape index (κ2) is 6.12. The summed E-state index contributed by atoms with van der Waals surface area (Å²) in [5.41, 5.74) is 0.673. The average Bonchev–Trinajstić information content (AvgIpc) is 2.61. The Balaban J connectivity index is 2.42. The fourth-order valence-corrected chi connectivity index (χ4v) is 2.76. The fourth-order valence-electron chi connectivity index (χ4n) is 0.983. The zero-order chi connectivity index (χ0) is 11.3. The Morgan fingerprint density at radius 3 is 3.07 bits per heavy atom. The predicted octanol–water partition coefficient (Wildman–Crippen LogP) is 2.80. The van der Waals surface area contributed by atoms with Gasteiger partial charge in [0.15, 0.2) is 0 Å².